The fourth-order valence-electron chi connectivity index (χ4n) is 2.06. The van der Waals surface area contributed by atoms with Gasteiger partial charge in [0, 0.05) is 11.6 Å². The third-order valence-electron chi connectivity index (χ3n) is 3.08. The smallest absolute Gasteiger partial charge is 0.159 e. The first-order valence-corrected chi connectivity index (χ1v) is 6.02. The van der Waals surface area contributed by atoms with Crippen molar-refractivity contribution in [3.05, 3.63) is 65.0 Å². The highest BCUT2D eigenvalue weighted by molar-refractivity contribution is 5.37. The molecule has 2 rings (SSSR count). The SMILES string of the molecule is CNC(c1ccc(F)c(F)c1)c1ccc(OC)cc1F. The standard InChI is InChI=1S/C15H14F3NO/c1-19-15(9-3-6-12(16)14(18)7-9)11-5-4-10(20-2)8-13(11)17/h3-8,15,19H,1-2H3. The van der Waals surface area contributed by atoms with Crippen molar-refractivity contribution in [2.75, 3.05) is 14.2 Å². The van der Waals surface area contributed by atoms with Gasteiger partial charge < -0.3 is 10.1 Å². The van der Waals surface area contributed by atoms with E-state index in [2.05, 4.69) is 5.32 Å². The van der Waals surface area contributed by atoms with Crippen molar-refractivity contribution in [2.24, 2.45) is 0 Å². The second kappa shape index (κ2) is 5.96. The largest absolute Gasteiger partial charge is 0.497 e. The first-order valence-electron chi connectivity index (χ1n) is 6.02. The fourth-order valence-corrected chi connectivity index (χ4v) is 2.06. The number of methoxy groups -OCH3 is 1. The normalized spacial score (nSPS) is 12.2. The summed E-state index contributed by atoms with van der Waals surface area (Å²) in [6, 6.07) is 7.34. The Morgan fingerprint density at radius 2 is 1.70 bits per heavy atom. The molecule has 1 N–H and O–H groups in total. The predicted molar refractivity (Wildman–Crippen MR) is 70.2 cm³/mol. The molecule has 0 amide bonds. The Kier molecular flexibility index (Phi) is 4.29. The summed E-state index contributed by atoms with van der Waals surface area (Å²) in [5, 5.41) is 2.89. The lowest BCUT2D eigenvalue weighted by atomic mass is 9.98. The Morgan fingerprint density at radius 1 is 0.950 bits per heavy atom. The maximum absolute atomic E-state index is 14.1. The summed E-state index contributed by atoms with van der Waals surface area (Å²) in [6.45, 7) is 0. The van der Waals surface area contributed by atoms with Gasteiger partial charge >= 0.3 is 0 Å². The number of nitrogens with one attached hydrogen (secondary N) is 1. The minimum atomic E-state index is -0.961. The van der Waals surface area contributed by atoms with Gasteiger partial charge in [0.2, 0.25) is 0 Å². The van der Waals surface area contributed by atoms with Crippen LogP contribution in [-0.2, 0) is 0 Å². The van der Waals surface area contributed by atoms with Crippen molar-refractivity contribution in [3.8, 4) is 5.75 Å². The molecular weight excluding hydrogens is 267 g/mol. The molecule has 2 nitrogen and oxygen atoms in total. The molecule has 0 radical (unpaired) electrons. The monoisotopic (exact) mass is 281 g/mol. The number of ether oxygens (including phenoxy) is 1. The van der Waals surface area contributed by atoms with Crippen LogP contribution in [0.2, 0.25) is 0 Å². The van der Waals surface area contributed by atoms with Gasteiger partial charge in [-0.1, -0.05) is 12.1 Å². The first kappa shape index (κ1) is 14.4. The number of hydrogen-bond donors (Lipinski definition) is 1. The van der Waals surface area contributed by atoms with Gasteiger partial charge in [0.05, 0.1) is 13.2 Å². The van der Waals surface area contributed by atoms with Crippen molar-refractivity contribution in [3.63, 3.8) is 0 Å². The van der Waals surface area contributed by atoms with Crippen molar-refractivity contribution < 1.29 is 17.9 Å². The maximum Gasteiger partial charge on any atom is 0.159 e. The van der Waals surface area contributed by atoms with Crippen LogP contribution in [0.3, 0.4) is 0 Å². The van der Waals surface area contributed by atoms with Crippen LogP contribution in [0.5, 0.6) is 5.75 Å². The molecule has 20 heavy (non-hydrogen) atoms. The van der Waals surface area contributed by atoms with E-state index in [-0.39, 0.29) is 0 Å². The van der Waals surface area contributed by atoms with Gasteiger partial charge in [0.15, 0.2) is 11.6 Å². The Balaban J connectivity index is 2.43. The summed E-state index contributed by atoms with van der Waals surface area (Å²) < 4.78 is 45.2. The van der Waals surface area contributed by atoms with Gasteiger partial charge in [-0.25, -0.2) is 13.2 Å². The molecule has 1 atom stereocenters. The summed E-state index contributed by atoms with van der Waals surface area (Å²) in [7, 11) is 3.06. The van der Waals surface area contributed by atoms with Crippen LogP contribution in [0.4, 0.5) is 13.2 Å². The fraction of sp³-hybridized carbons (Fsp3) is 0.200. The zero-order valence-corrected chi connectivity index (χ0v) is 11.1. The molecule has 0 fully saturated rings. The van der Waals surface area contributed by atoms with Crippen LogP contribution in [-0.4, -0.2) is 14.2 Å². The van der Waals surface area contributed by atoms with Crippen LogP contribution < -0.4 is 10.1 Å². The quantitative estimate of drug-likeness (QED) is 0.927. The van der Waals surface area contributed by atoms with Crippen molar-refractivity contribution in [1.82, 2.24) is 5.32 Å². The summed E-state index contributed by atoms with van der Waals surface area (Å²) >= 11 is 0. The van der Waals surface area contributed by atoms with E-state index in [9.17, 15) is 13.2 Å². The number of benzene rings is 2. The number of rotatable bonds is 4. The zero-order chi connectivity index (χ0) is 14.7. The minimum Gasteiger partial charge on any atom is -0.497 e. The molecule has 0 saturated carbocycles. The number of hydrogen-bond acceptors (Lipinski definition) is 2. The van der Waals surface area contributed by atoms with Gasteiger partial charge in [-0.15, -0.1) is 0 Å². The lowest BCUT2D eigenvalue weighted by Gasteiger charge is -2.18. The number of halogens is 3. The van der Waals surface area contributed by atoms with E-state index in [0.717, 1.165) is 12.1 Å². The molecule has 0 aliphatic heterocycles. The Morgan fingerprint density at radius 3 is 2.25 bits per heavy atom. The van der Waals surface area contributed by atoms with Crippen LogP contribution in [0.15, 0.2) is 36.4 Å². The predicted octanol–water partition coefficient (Wildman–Crippen LogP) is 3.42. The Labute approximate surface area is 115 Å². The molecule has 0 bridgehead atoms. The van der Waals surface area contributed by atoms with Gasteiger partial charge in [0.1, 0.15) is 11.6 Å². The molecule has 0 saturated heterocycles. The van der Waals surface area contributed by atoms with Crippen LogP contribution >= 0.6 is 0 Å². The maximum atomic E-state index is 14.1. The zero-order valence-electron chi connectivity index (χ0n) is 11.1. The van der Waals surface area contributed by atoms with E-state index in [1.807, 2.05) is 0 Å². The first-order chi connectivity index (χ1) is 9.56. The molecule has 106 valence electrons. The lowest BCUT2D eigenvalue weighted by molar-refractivity contribution is 0.410. The van der Waals surface area contributed by atoms with Gasteiger partial charge in [0.25, 0.3) is 0 Å². The van der Waals surface area contributed by atoms with E-state index in [1.165, 1.54) is 19.2 Å². The second-order valence-electron chi connectivity index (χ2n) is 4.28. The second-order valence-corrected chi connectivity index (χ2v) is 4.28. The molecule has 2 aromatic rings. The highest BCUT2D eigenvalue weighted by atomic mass is 19.2. The molecule has 2 aromatic carbocycles. The third kappa shape index (κ3) is 2.77. The van der Waals surface area contributed by atoms with Crippen LogP contribution in [0.25, 0.3) is 0 Å². The highest BCUT2D eigenvalue weighted by Gasteiger charge is 2.18. The summed E-state index contributed by atoms with van der Waals surface area (Å²) in [5.74, 6) is -1.98. The molecule has 0 heterocycles. The Hall–Kier alpha value is -2.01. The van der Waals surface area contributed by atoms with Gasteiger partial charge in [-0.3, -0.25) is 0 Å². The van der Waals surface area contributed by atoms with E-state index in [0.29, 0.717) is 16.9 Å². The molecule has 0 spiro atoms. The summed E-state index contributed by atoms with van der Waals surface area (Å²) in [5.41, 5.74) is 0.773. The van der Waals surface area contributed by atoms with E-state index >= 15 is 0 Å². The third-order valence-corrected chi connectivity index (χ3v) is 3.08. The topological polar surface area (TPSA) is 21.3 Å². The van der Waals surface area contributed by atoms with Gasteiger partial charge in [-0.2, -0.15) is 0 Å². The van der Waals surface area contributed by atoms with Crippen molar-refractivity contribution in [2.45, 2.75) is 6.04 Å². The molecular formula is C15H14F3NO. The van der Waals surface area contributed by atoms with E-state index in [4.69, 9.17) is 4.74 Å². The average molecular weight is 281 g/mol. The van der Waals surface area contributed by atoms with Crippen molar-refractivity contribution in [1.29, 1.82) is 0 Å². The summed E-state index contributed by atoms with van der Waals surface area (Å²) in [6.07, 6.45) is 0. The molecule has 1 unspecified atom stereocenters. The molecule has 0 aliphatic rings. The van der Waals surface area contributed by atoms with Crippen LogP contribution in [0, 0.1) is 17.5 Å². The van der Waals surface area contributed by atoms with Crippen molar-refractivity contribution >= 4 is 0 Å². The summed E-state index contributed by atoms with van der Waals surface area (Å²) in [4.78, 5) is 0. The van der Waals surface area contributed by atoms with Gasteiger partial charge in [-0.05, 0) is 30.8 Å². The molecule has 0 aliphatic carbocycles. The highest BCUT2D eigenvalue weighted by Crippen LogP contribution is 2.27. The molecule has 5 heteroatoms. The average Bonchev–Trinajstić information content (AvgIpc) is 2.45. The molecule has 0 aromatic heterocycles. The lowest BCUT2D eigenvalue weighted by Crippen LogP contribution is -2.19. The van der Waals surface area contributed by atoms with Crippen LogP contribution in [0.1, 0.15) is 17.2 Å². The van der Waals surface area contributed by atoms with E-state index < -0.39 is 23.5 Å². The minimum absolute atomic E-state index is 0.333. The van der Waals surface area contributed by atoms with E-state index in [1.54, 1.807) is 19.2 Å². The Bertz CT molecular complexity index is 616.